The van der Waals surface area contributed by atoms with Gasteiger partial charge in [-0.1, -0.05) is 0 Å². The molecule has 3 nitrogen and oxygen atoms in total. The van der Waals surface area contributed by atoms with Crippen molar-refractivity contribution < 1.29 is 18.3 Å². The molecule has 0 radical (unpaired) electrons. The van der Waals surface area contributed by atoms with Gasteiger partial charge in [-0.25, -0.2) is 8.78 Å². The van der Waals surface area contributed by atoms with E-state index in [-0.39, 0.29) is 18.9 Å². The molecule has 2 N–H and O–H groups in total. The van der Waals surface area contributed by atoms with E-state index in [0.717, 1.165) is 0 Å². The number of fused-ring (bicyclic) bond motifs is 3. The summed E-state index contributed by atoms with van der Waals surface area (Å²) in [5.74, 6) is -4.80. The van der Waals surface area contributed by atoms with Crippen LogP contribution in [0.25, 0.3) is 0 Å². The lowest BCUT2D eigenvalue weighted by atomic mass is 9.60. The summed E-state index contributed by atoms with van der Waals surface area (Å²) in [4.78, 5) is 11.7. The first kappa shape index (κ1) is 11.8. The second-order valence-corrected chi connectivity index (χ2v) is 4.76. The highest BCUT2D eigenvalue weighted by atomic mass is 19.3. The van der Waals surface area contributed by atoms with E-state index in [1.54, 1.807) is 6.92 Å². The summed E-state index contributed by atoms with van der Waals surface area (Å²) >= 11 is 0. The zero-order valence-corrected chi connectivity index (χ0v) is 9.29. The number of carbonyl (C=O) groups is 1. The Morgan fingerprint density at radius 3 is 2.69 bits per heavy atom. The van der Waals surface area contributed by atoms with E-state index in [9.17, 15) is 13.6 Å². The van der Waals surface area contributed by atoms with Gasteiger partial charge >= 0.3 is 5.97 Å². The molecule has 0 saturated heterocycles. The normalized spacial score (nSPS) is 40.8. The third-order valence-corrected chi connectivity index (χ3v) is 3.87. The van der Waals surface area contributed by atoms with Crippen molar-refractivity contribution >= 4 is 5.97 Å². The molecule has 3 fully saturated rings. The van der Waals surface area contributed by atoms with Gasteiger partial charge < -0.3 is 10.5 Å². The third kappa shape index (κ3) is 1.71. The summed E-state index contributed by atoms with van der Waals surface area (Å²) in [5, 5.41) is 0. The van der Waals surface area contributed by atoms with Gasteiger partial charge in [0.05, 0.1) is 12.5 Å². The molecule has 0 aliphatic heterocycles. The lowest BCUT2D eigenvalue weighted by Gasteiger charge is -2.49. The van der Waals surface area contributed by atoms with Crippen LogP contribution in [-0.2, 0) is 9.53 Å². The summed E-state index contributed by atoms with van der Waals surface area (Å²) in [5.41, 5.74) is 5.79. The van der Waals surface area contributed by atoms with Gasteiger partial charge in [0.15, 0.2) is 0 Å². The van der Waals surface area contributed by atoms with Gasteiger partial charge in [-0.15, -0.1) is 0 Å². The van der Waals surface area contributed by atoms with E-state index in [2.05, 4.69) is 0 Å². The van der Waals surface area contributed by atoms with Crippen molar-refractivity contribution in [2.45, 2.75) is 38.2 Å². The first-order valence-corrected chi connectivity index (χ1v) is 5.77. The average Bonchev–Trinajstić information content (AvgIpc) is 2.16. The van der Waals surface area contributed by atoms with Crippen molar-refractivity contribution in [3.8, 4) is 0 Å². The zero-order valence-electron chi connectivity index (χ0n) is 9.29. The van der Waals surface area contributed by atoms with Crippen molar-refractivity contribution in [1.82, 2.24) is 0 Å². The summed E-state index contributed by atoms with van der Waals surface area (Å²) < 4.78 is 32.0. The quantitative estimate of drug-likeness (QED) is 0.736. The smallest absolute Gasteiger partial charge is 0.310 e. The molecule has 2 unspecified atom stereocenters. The Labute approximate surface area is 93.3 Å². The molecule has 3 aliphatic rings. The Kier molecular flexibility index (Phi) is 2.90. The van der Waals surface area contributed by atoms with Crippen LogP contribution in [0.15, 0.2) is 0 Å². The van der Waals surface area contributed by atoms with E-state index < -0.39 is 29.8 Å². The molecule has 3 rings (SSSR count). The van der Waals surface area contributed by atoms with E-state index >= 15 is 0 Å². The van der Waals surface area contributed by atoms with Gasteiger partial charge in [0.1, 0.15) is 0 Å². The second kappa shape index (κ2) is 3.95. The highest BCUT2D eigenvalue weighted by Gasteiger charge is 2.59. The van der Waals surface area contributed by atoms with Crippen molar-refractivity contribution in [2.75, 3.05) is 6.61 Å². The molecular formula is C11H17F2NO2. The maximum absolute atomic E-state index is 13.5. The fourth-order valence-electron chi connectivity index (χ4n) is 3.14. The molecule has 0 heterocycles. The van der Waals surface area contributed by atoms with Crippen molar-refractivity contribution in [3.63, 3.8) is 0 Å². The molecule has 0 amide bonds. The van der Waals surface area contributed by atoms with Crippen molar-refractivity contribution in [1.29, 1.82) is 0 Å². The predicted octanol–water partition coefficient (Wildman–Crippen LogP) is 1.56. The highest BCUT2D eigenvalue weighted by Crippen LogP contribution is 2.52. The van der Waals surface area contributed by atoms with Crippen LogP contribution in [0.4, 0.5) is 8.78 Å². The molecule has 0 aromatic heterocycles. The molecule has 0 aromatic carbocycles. The number of esters is 1. The fourth-order valence-corrected chi connectivity index (χ4v) is 3.14. The number of carbonyl (C=O) groups excluding carboxylic acids is 1. The van der Waals surface area contributed by atoms with Crippen LogP contribution in [0.1, 0.15) is 26.2 Å². The summed E-state index contributed by atoms with van der Waals surface area (Å²) in [7, 11) is 0. The number of ether oxygens (including phenoxy) is 1. The number of rotatable bonds is 2. The van der Waals surface area contributed by atoms with Gasteiger partial charge in [-0.05, 0) is 25.7 Å². The summed E-state index contributed by atoms with van der Waals surface area (Å²) in [6.07, 6.45) is 0.876. The number of nitrogens with two attached hydrogens (primary N) is 1. The molecule has 92 valence electrons. The number of alkyl halides is 2. The highest BCUT2D eigenvalue weighted by molar-refractivity contribution is 5.74. The summed E-state index contributed by atoms with van der Waals surface area (Å²) in [6, 6.07) is -0.749. The zero-order chi connectivity index (χ0) is 11.9. The molecule has 16 heavy (non-hydrogen) atoms. The minimum atomic E-state index is -2.70. The maximum Gasteiger partial charge on any atom is 0.310 e. The van der Waals surface area contributed by atoms with Crippen molar-refractivity contribution in [2.24, 2.45) is 23.5 Å². The average molecular weight is 233 g/mol. The van der Waals surface area contributed by atoms with Gasteiger partial charge in [-0.3, -0.25) is 4.79 Å². The molecule has 0 aromatic rings. The van der Waals surface area contributed by atoms with E-state index in [1.807, 2.05) is 0 Å². The molecular weight excluding hydrogens is 216 g/mol. The van der Waals surface area contributed by atoms with E-state index in [1.165, 1.54) is 0 Å². The Hall–Kier alpha value is -0.710. The van der Waals surface area contributed by atoms with E-state index in [0.29, 0.717) is 12.8 Å². The lowest BCUT2D eigenvalue weighted by Crippen LogP contribution is -2.60. The maximum atomic E-state index is 13.5. The van der Waals surface area contributed by atoms with E-state index in [4.69, 9.17) is 10.5 Å². The Morgan fingerprint density at radius 2 is 2.19 bits per heavy atom. The minimum absolute atomic E-state index is 0.213. The van der Waals surface area contributed by atoms with Crippen LogP contribution in [-0.4, -0.2) is 24.5 Å². The monoisotopic (exact) mass is 233 g/mol. The fraction of sp³-hybridized carbons (Fsp3) is 0.909. The minimum Gasteiger partial charge on any atom is -0.466 e. The molecule has 3 aliphatic carbocycles. The molecule has 3 saturated carbocycles. The van der Waals surface area contributed by atoms with Crippen LogP contribution in [0.5, 0.6) is 0 Å². The third-order valence-electron chi connectivity index (χ3n) is 3.87. The van der Waals surface area contributed by atoms with Crippen LogP contribution < -0.4 is 5.73 Å². The molecule has 0 spiro atoms. The summed E-state index contributed by atoms with van der Waals surface area (Å²) in [6.45, 7) is 1.98. The van der Waals surface area contributed by atoms with Crippen LogP contribution in [0.3, 0.4) is 0 Å². The van der Waals surface area contributed by atoms with Crippen LogP contribution in [0.2, 0.25) is 0 Å². The SMILES string of the molecule is CCOC(=O)C1[C@H]2CCC([C@@H]1N)C(F)(F)C2. The largest absolute Gasteiger partial charge is 0.466 e. The standard InChI is InChI=1S/C11H17F2NO2/c1-2-16-10(15)8-6-3-4-7(9(8)14)11(12,13)5-6/h6-9H,2-5,14H2,1H3/t6-,7?,8?,9-/m0/s1. The Balaban J connectivity index is 2.16. The topological polar surface area (TPSA) is 52.3 Å². The van der Waals surface area contributed by atoms with Crippen LogP contribution in [0, 0.1) is 17.8 Å². The lowest BCUT2D eigenvalue weighted by molar-refractivity contribution is -0.181. The number of hydrogen-bond donors (Lipinski definition) is 1. The predicted molar refractivity (Wildman–Crippen MR) is 53.9 cm³/mol. The molecule has 4 atom stereocenters. The van der Waals surface area contributed by atoms with Gasteiger partial charge in [-0.2, -0.15) is 0 Å². The first-order chi connectivity index (χ1) is 7.47. The van der Waals surface area contributed by atoms with Crippen molar-refractivity contribution in [3.05, 3.63) is 0 Å². The van der Waals surface area contributed by atoms with Crippen LogP contribution >= 0.6 is 0 Å². The Bertz CT molecular complexity index is 294. The van der Waals surface area contributed by atoms with Gasteiger partial charge in [0, 0.05) is 18.4 Å². The number of halogens is 2. The molecule has 5 heteroatoms. The first-order valence-electron chi connectivity index (χ1n) is 5.77. The Morgan fingerprint density at radius 1 is 1.50 bits per heavy atom. The van der Waals surface area contributed by atoms with Gasteiger partial charge in [0.2, 0.25) is 0 Å². The number of hydrogen-bond acceptors (Lipinski definition) is 3. The second-order valence-electron chi connectivity index (χ2n) is 4.76. The van der Waals surface area contributed by atoms with Gasteiger partial charge in [0.25, 0.3) is 5.92 Å². The molecule has 2 bridgehead atoms.